The average molecular weight is 366 g/mol. The van der Waals surface area contributed by atoms with E-state index in [9.17, 15) is 9.18 Å². The summed E-state index contributed by atoms with van der Waals surface area (Å²) in [5.41, 5.74) is 1.45. The van der Waals surface area contributed by atoms with Gasteiger partial charge in [-0.2, -0.15) is 0 Å². The number of rotatable bonds is 3. The van der Waals surface area contributed by atoms with E-state index in [4.69, 9.17) is 4.98 Å². The molecule has 3 nitrogen and oxygen atoms in total. The molecule has 1 atom stereocenters. The first-order valence-corrected chi connectivity index (χ1v) is 9.59. The Kier molecular flexibility index (Phi) is 4.80. The lowest BCUT2D eigenvalue weighted by Crippen LogP contribution is -2.38. The number of thiazole rings is 1. The Morgan fingerprint density at radius 3 is 2.85 bits per heavy atom. The molecular weight excluding hydrogens is 347 g/mol. The molecule has 1 aliphatic rings. The maximum Gasteiger partial charge on any atom is 0.246 e. The van der Waals surface area contributed by atoms with Crippen molar-refractivity contribution in [3.05, 3.63) is 71.0 Å². The average Bonchev–Trinajstić information content (AvgIpc) is 3.11. The molecule has 0 bridgehead atoms. The second-order valence-corrected chi connectivity index (χ2v) is 7.56. The van der Waals surface area contributed by atoms with Crippen LogP contribution in [-0.2, 0) is 4.79 Å². The van der Waals surface area contributed by atoms with Crippen molar-refractivity contribution in [1.29, 1.82) is 0 Å². The van der Waals surface area contributed by atoms with Crippen LogP contribution in [0.25, 0.3) is 16.3 Å². The Labute approximate surface area is 155 Å². The second kappa shape index (κ2) is 7.38. The SMILES string of the molecule is O=C(/C=C/c1ccccc1F)N1CCC[C@@H](c2nc3ccccc3s2)C1. The van der Waals surface area contributed by atoms with Crippen molar-refractivity contribution in [3.63, 3.8) is 0 Å². The van der Waals surface area contributed by atoms with Crippen molar-refractivity contribution >= 4 is 33.5 Å². The lowest BCUT2D eigenvalue weighted by molar-refractivity contribution is -0.127. The lowest BCUT2D eigenvalue weighted by Gasteiger charge is -2.31. The number of carbonyl (C=O) groups excluding carboxylic acids is 1. The van der Waals surface area contributed by atoms with Gasteiger partial charge >= 0.3 is 0 Å². The number of benzene rings is 2. The fourth-order valence-corrected chi connectivity index (χ4v) is 4.41. The summed E-state index contributed by atoms with van der Waals surface area (Å²) < 4.78 is 14.9. The molecule has 0 radical (unpaired) electrons. The van der Waals surface area contributed by atoms with Gasteiger partial charge in [0.05, 0.1) is 15.2 Å². The molecule has 1 amide bonds. The molecule has 0 N–H and O–H groups in total. The molecule has 1 aromatic heterocycles. The Hall–Kier alpha value is -2.53. The number of aromatic nitrogens is 1. The van der Waals surface area contributed by atoms with Crippen LogP contribution in [0.15, 0.2) is 54.6 Å². The summed E-state index contributed by atoms with van der Waals surface area (Å²) >= 11 is 1.71. The molecular formula is C21H19FN2OS. The normalized spacial score (nSPS) is 17.9. The summed E-state index contributed by atoms with van der Waals surface area (Å²) in [6.07, 6.45) is 5.03. The highest BCUT2D eigenvalue weighted by Crippen LogP contribution is 2.33. The van der Waals surface area contributed by atoms with Gasteiger partial charge in [0.25, 0.3) is 0 Å². The van der Waals surface area contributed by atoms with E-state index in [0.717, 1.165) is 29.9 Å². The van der Waals surface area contributed by atoms with Gasteiger partial charge in [0.15, 0.2) is 0 Å². The molecule has 132 valence electrons. The van der Waals surface area contributed by atoms with Gasteiger partial charge in [0.1, 0.15) is 5.82 Å². The van der Waals surface area contributed by atoms with E-state index >= 15 is 0 Å². The van der Waals surface area contributed by atoms with Crippen molar-refractivity contribution in [1.82, 2.24) is 9.88 Å². The Morgan fingerprint density at radius 1 is 1.19 bits per heavy atom. The molecule has 0 saturated carbocycles. The van der Waals surface area contributed by atoms with Crippen LogP contribution >= 0.6 is 11.3 Å². The number of piperidine rings is 1. The summed E-state index contributed by atoms with van der Waals surface area (Å²) in [5.74, 6) is -0.117. The van der Waals surface area contributed by atoms with Crippen LogP contribution in [-0.4, -0.2) is 28.9 Å². The van der Waals surface area contributed by atoms with E-state index in [1.54, 1.807) is 35.6 Å². The van der Waals surface area contributed by atoms with E-state index in [1.807, 2.05) is 23.1 Å². The lowest BCUT2D eigenvalue weighted by atomic mass is 9.98. The minimum absolute atomic E-state index is 0.0703. The number of halogens is 1. The third-order valence-electron chi connectivity index (χ3n) is 4.70. The highest BCUT2D eigenvalue weighted by molar-refractivity contribution is 7.18. The molecule has 5 heteroatoms. The van der Waals surface area contributed by atoms with Gasteiger partial charge in [0.2, 0.25) is 5.91 Å². The van der Waals surface area contributed by atoms with Gasteiger partial charge < -0.3 is 4.90 Å². The third-order valence-corrected chi connectivity index (χ3v) is 5.90. The number of hydrogen-bond acceptors (Lipinski definition) is 3. The maximum absolute atomic E-state index is 13.7. The fourth-order valence-electron chi connectivity index (χ4n) is 3.32. The summed E-state index contributed by atoms with van der Waals surface area (Å²) in [4.78, 5) is 19.1. The molecule has 26 heavy (non-hydrogen) atoms. The van der Waals surface area contributed by atoms with E-state index in [1.165, 1.54) is 16.8 Å². The van der Waals surface area contributed by atoms with E-state index in [0.29, 0.717) is 12.1 Å². The molecule has 2 heterocycles. The van der Waals surface area contributed by atoms with Gasteiger partial charge in [-0.05, 0) is 37.1 Å². The van der Waals surface area contributed by atoms with Crippen LogP contribution in [0, 0.1) is 5.82 Å². The number of amides is 1. The smallest absolute Gasteiger partial charge is 0.246 e. The minimum Gasteiger partial charge on any atom is -0.338 e. The Balaban J connectivity index is 1.47. The van der Waals surface area contributed by atoms with Crippen molar-refractivity contribution < 1.29 is 9.18 Å². The molecule has 3 aromatic rings. The number of hydrogen-bond donors (Lipinski definition) is 0. The number of fused-ring (bicyclic) bond motifs is 1. The first kappa shape index (κ1) is 16.9. The van der Waals surface area contributed by atoms with Crippen molar-refractivity contribution in [3.8, 4) is 0 Å². The molecule has 2 aromatic carbocycles. The fraction of sp³-hybridized carbons (Fsp3) is 0.238. The zero-order chi connectivity index (χ0) is 17.9. The van der Waals surface area contributed by atoms with Crippen LogP contribution < -0.4 is 0 Å². The molecule has 0 aliphatic carbocycles. The molecule has 1 aliphatic heterocycles. The summed E-state index contributed by atoms with van der Waals surface area (Å²) in [5, 5.41) is 1.10. The topological polar surface area (TPSA) is 33.2 Å². The molecule has 4 rings (SSSR count). The van der Waals surface area contributed by atoms with Gasteiger partial charge in [-0.15, -0.1) is 11.3 Å². The molecule has 1 saturated heterocycles. The highest BCUT2D eigenvalue weighted by atomic mass is 32.1. The predicted octanol–water partition coefficient (Wildman–Crippen LogP) is 4.85. The van der Waals surface area contributed by atoms with Crippen LogP contribution in [0.2, 0.25) is 0 Å². The number of carbonyl (C=O) groups is 1. The second-order valence-electron chi connectivity index (χ2n) is 6.50. The maximum atomic E-state index is 13.7. The monoisotopic (exact) mass is 366 g/mol. The third kappa shape index (κ3) is 3.53. The summed E-state index contributed by atoms with van der Waals surface area (Å²) in [6, 6.07) is 14.6. The number of nitrogens with zero attached hydrogens (tertiary/aromatic N) is 2. The first-order chi connectivity index (χ1) is 12.7. The van der Waals surface area contributed by atoms with E-state index in [2.05, 4.69) is 6.07 Å². The predicted molar refractivity (Wildman–Crippen MR) is 104 cm³/mol. The van der Waals surface area contributed by atoms with Crippen LogP contribution in [0.4, 0.5) is 4.39 Å². The van der Waals surface area contributed by atoms with Gasteiger partial charge in [0, 0.05) is 30.6 Å². The van der Waals surface area contributed by atoms with E-state index < -0.39 is 0 Å². The molecule has 1 fully saturated rings. The minimum atomic E-state index is -0.317. The van der Waals surface area contributed by atoms with Gasteiger partial charge in [-0.25, -0.2) is 9.37 Å². The quantitative estimate of drug-likeness (QED) is 0.621. The highest BCUT2D eigenvalue weighted by Gasteiger charge is 2.26. The van der Waals surface area contributed by atoms with E-state index in [-0.39, 0.29) is 17.6 Å². The van der Waals surface area contributed by atoms with Crippen molar-refractivity contribution in [2.24, 2.45) is 0 Å². The van der Waals surface area contributed by atoms with Crippen molar-refractivity contribution in [2.45, 2.75) is 18.8 Å². The van der Waals surface area contributed by atoms with Crippen LogP contribution in [0.3, 0.4) is 0 Å². The Morgan fingerprint density at radius 2 is 2.00 bits per heavy atom. The van der Waals surface area contributed by atoms with Crippen LogP contribution in [0.1, 0.15) is 29.3 Å². The van der Waals surface area contributed by atoms with Crippen LogP contribution in [0.5, 0.6) is 0 Å². The zero-order valence-electron chi connectivity index (χ0n) is 14.3. The number of para-hydroxylation sites is 1. The molecule has 0 spiro atoms. The summed E-state index contributed by atoms with van der Waals surface area (Å²) in [7, 11) is 0. The summed E-state index contributed by atoms with van der Waals surface area (Å²) in [6.45, 7) is 1.40. The van der Waals surface area contributed by atoms with Gasteiger partial charge in [-0.1, -0.05) is 30.3 Å². The van der Waals surface area contributed by atoms with Gasteiger partial charge in [-0.3, -0.25) is 4.79 Å². The zero-order valence-corrected chi connectivity index (χ0v) is 15.1. The standard InChI is InChI=1S/C21H19FN2OS/c22-17-8-2-1-6-15(17)11-12-20(25)24-13-5-7-16(14-24)21-23-18-9-3-4-10-19(18)26-21/h1-4,6,8-12,16H,5,7,13-14H2/b12-11+/t16-/m1/s1. The Bertz CT molecular complexity index is 932. The number of likely N-dealkylation sites (tertiary alicyclic amines) is 1. The first-order valence-electron chi connectivity index (χ1n) is 8.78. The molecule has 0 unspecified atom stereocenters. The largest absolute Gasteiger partial charge is 0.338 e. The van der Waals surface area contributed by atoms with Crippen molar-refractivity contribution in [2.75, 3.05) is 13.1 Å².